The highest BCUT2D eigenvalue weighted by molar-refractivity contribution is 5.47. The number of hydrogen-bond donors (Lipinski definition) is 1. The summed E-state index contributed by atoms with van der Waals surface area (Å²) >= 11 is 0. The number of carbonyl (C=O) groups is 1. The van der Waals surface area contributed by atoms with E-state index in [1.165, 1.54) is 0 Å². The first-order valence-corrected chi connectivity index (χ1v) is 3.53. The van der Waals surface area contributed by atoms with Crippen molar-refractivity contribution in [3.8, 4) is 0 Å². The Morgan fingerprint density at radius 3 is 2.67 bits per heavy atom. The van der Waals surface area contributed by atoms with Gasteiger partial charge in [-0.05, 0) is 0 Å². The summed E-state index contributed by atoms with van der Waals surface area (Å²) < 4.78 is 36.1. The van der Waals surface area contributed by atoms with E-state index in [4.69, 9.17) is 0 Å². The zero-order valence-corrected chi connectivity index (χ0v) is 6.27. The number of carbonyl (C=O) groups excluding carboxylic acids is 1. The Morgan fingerprint density at radius 1 is 1.50 bits per heavy atom. The van der Waals surface area contributed by atoms with E-state index in [9.17, 15) is 18.0 Å². The zero-order chi connectivity index (χ0) is 9.19. The van der Waals surface area contributed by atoms with Gasteiger partial charge >= 0.3 is 6.18 Å². The van der Waals surface area contributed by atoms with Crippen LogP contribution >= 0.6 is 0 Å². The quantitative estimate of drug-likeness (QED) is 0.578. The number of hydrogen-bond acceptors (Lipinski definition) is 2. The largest absolute Gasteiger partial charge is 0.405 e. The lowest BCUT2D eigenvalue weighted by Gasteiger charge is -2.32. The lowest BCUT2D eigenvalue weighted by Crippen LogP contribution is -2.56. The minimum Gasteiger partial charge on any atom is -0.342 e. The molecule has 0 unspecified atom stereocenters. The van der Waals surface area contributed by atoms with Gasteiger partial charge < -0.3 is 10.2 Å². The van der Waals surface area contributed by atoms with Crippen LogP contribution in [0.4, 0.5) is 13.2 Å². The Kier molecular flexibility index (Phi) is 2.56. The molecule has 70 valence electrons. The maximum absolute atomic E-state index is 12.0. The third-order valence-corrected chi connectivity index (χ3v) is 1.75. The second-order valence-corrected chi connectivity index (χ2v) is 2.65. The molecule has 1 fully saturated rings. The maximum atomic E-state index is 12.0. The summed E-state index contributed by atoms with van der Waals surface area (Å²) in [7, 11) is 0. The molecule has 1 aliphatic rings. The van der Waals surface area contributed by atoms with Crippen molar-refractivity contribution in [3.05, 3.63) is 0 Å². The van der Waals surface area contributed by atoms with E-state index in [1.54, 1.807) is 0 Å². The molecule has 6 heteroatoms. The van der Waals surface area contributed by atoms with Gasteiger partial charge in [-0.15, -0.1) is 0 Å². The molecule has 1 aliphatic heterocycles. The Morgan fingerprint density at radius 2 is 2.17 bits per heavy atom. The second kappa shape index (κ2) is 3.30. The first-order chi connectivity index (χ1) is 5.54. The summed E-state index contributed by atoms with van der Waals surface area (Å²) in [5, 5.41) is 2.30. The summed E-state index contributed by atoms with van der Waals surface area (Å²) in [5.74, 6) is 0. The topological polar surface area (TPSA) is 32.3 Å². The van der Waals surface area contributed by atoms with Crippen molar-refractivity contribution in [1.82, 2.24) is 10.2 Å². The standard InChI is InChI=1S/C6H9F3N2O/c7-6(8,9)5-3-11(4-12)2-1-10-5/h4-5,10H,1-3H2/t5-/m0/s1. The molecule has 12 heavy (non-hydrogen) atoms. The van der Waals surface area contributed by atoms with Crippen LogP contribution in [-0.2, 0) is 4.79 Å². The van der Waals surface area contributed by atoms with Crippen LogP contribution in [0.1, 0.15) is 0 Å². The Balaban J connectivity index is 2.51. The third-order valence-electron chi connectivity index (χ3n) is 1.75. The first kappa shape index (κ1) is 9.31. The average Bonchev–Trinajstić information content (AvgIpc) is 2.03. The van der Waals surface area contributed by atoms with Crippen molar-refractivity contribution in [1.29, 1.82) is 0 Å². The Bertz CT molecular complexity index is 171. The van der Waals surface area contributed by atoms with E-state index in [-0.39, 0.29) is 13.1 Å². The first-order valence-electron chi connectivity index (χ1n) is 3.53. The van der Waals surface area contributed by atoms with Crippen LogP contribution in [0.15, 0.2) is 0 Å². The summed E-state index contributed by atoms with van der Waals surface area (Å²) in [6.07, 6.45) is -3.82. The van der Waals surface area contributed by atoms with Gasteiger partial charge in [-0.2, -0.15) is 13.2 Å². The molecular formula is C6H9F3N2O. The molecule has 1 amide bonds. The monoisotopic (exact) mass is 182 g/mol. The highest BCUT2D eigenvalue weighted by atomic mass is 19.4. The van der Waals surface area contributed by atoms with Crippen LogP contribution in [0.3, 0.4) is 0 Å². The number of nitrogens with one attached hydrogen (secondary N) is 1. The van der Waals surface area contributed by atoms with E-state index in [2.05, 4.69) is 5.32 Å². The van der Waals surface area contributed by atoms with E-state index in [0.717, 1.165) is 4.90 Å². The SMILES string of the molecule is O=CN1CCN[C@H](C(F)(F)F)C1. The number of piperazine rings is 1. The lowest BCUT2D eigenvalue weighted by molar-refractivity contribution is -0.165. The molecule has 1 atom stereocenters. The second-order valence-electron chi connectivity index (χ2n) is 2.65. The maximum Gasteiger partial charge on any atom is 0.405 e. The predicted molar refractivity (Wildman–Crippen MR) is 35.5 cm³/mol. The summed E-state index contributed by atoms with van der Waals surface area (Å²) in [6.45, 7) is 0.256. The number of nitrogens with zero attached hydrogens (tertiary/aromatic N) is 1. The molecule has 0 aliphatic carbocycles. The average molecular weight is 182 g/mol. The van der Waals surface area contributed by atoms with Crippen molar-refractivity contribution in [2.24, 2.45) is 0 Å². The highest BCUT2D eigenvalue weighted by Crippen LogP contribution is 2.21. The molecule has 0 radical (unpaired) electrons. The number of amides is 1. The van der Waals surface area contributed by atoms with Crippen molar-refractivity contribution < 1.29 is 18.0 Å². The molecule has 1 heterocycles. The predicted octanol–water partition coefficient (Wildman–Crippen LogP) is -0.0211. The van der Waals surface area contributed by atoms with Crippen LogP contribution < -0.4 is 5.32 Å². The van der Waals surface area contributed by atoms with Crippen molar-refractivity contribution in [3.63, 3.8) is 0 Å². The molecular weight excluding hydrogens is 173 g/mol. The van der Waals surface area contributed by atoms with Gasteiger partial charge in [-0.3, -0.25) is 4.79 Å². The Hall–Kier alpha value is -0.780. The van der Waals surface area contributed by atoms with Gasteiger partial charge in [0.25, 0.3) is 0 Å². The summed E-state index contributed by atoms with van der Waals surface area (Å²) in [4.78, 5) is 11.3. The normalized spacial score (nSPS) is 25.6. The molecule has 0 aromatic rings. The van der Waals surface area contributed by atoms with E-state index >= 15 is 0 Å². The Labute approximate surface area is 67.5 Å². The lowest BCUT2D eigenvalue weighted by atomic mass is 10.2. The minimum atomic E-state index is -4.26. The van der Waals surface area contributed by atoms with E-state index in [0.29, 0.717) is 13.0 Å². The van der Waals surface area contributed by atoms with Gasteiger partial charge in [0.1, 0.15) is 6.04 Å². The van der Waals surface area contributed by atoms with Crippen LogP contribution in [0.2, 0.25) is 0 Å². The molecule has 1 saturated heterocycles. The smallest absolute Gasteiger partial charge is 0.342 e. The van der Waals surface area contributed by atoms with Crippen molar-refractivity contribution in [2.75, 3.05) is 19.6 Å². The molecule has 0 aromatic carbocycles. The van der Waals surface area contributed by atoms with Gasteiger partial charge in [0, 0.05) is 19.6 Å². The van der Waals surface area contributed by atoms with Gasteiger partial charge in [0.2, 0.25) is 6.41 Å². The molecule has 0 saturated carbocycles. The van der Waals surface area contributed by atoms with Gasteiger partial charge in [0.15, 0.2) is 0 Å². The van der Waals surface area contributed by atoms with Gasteiger partial charge in [0.05, 0.1) is 0 Å². The van der Waals surface area contributed by atoms with Crippen molar-refractivity contribution in [2.45, 2.75) is 12.2 Å². The van der Waals surface area contributed by atoms with E-state index < -0.39 is 12.2 Å². The highest BCUT2D eigenvalue weighted by Gasteiger charge is 2.41. The molecule has 0 bridgehead atoms. The molecule has 3 nitrogen and oxygen atoms in total. The van der Waals surface area contributed by atoms with Gasteiger partial charge in [-0.1, -0.05) is 0 Å². The van der Waals surface area contributed by atoms with Crippen LogP contribution in [0.5, 0.6) is 0 Å². The molecule has 0 aromatic heterocycles. The van der Waals surface area contributed by atoms with Crippen LogP contribution in [-0.4, -0.2) is 43.2 Å². The zero-order valence-electron chi connectivity index (χ0n) is 6.27. The number of alkyl halides is 3. The van der Waals surface area contributed by atoms with Gasteiger partial charge in [-0.25, -0.2) is 0 Å². The fourth-order valence-electron chi connectivity index (χ4n) is 1.09. The summed E-state index contributed by atoms with van der Waals surface area (Å²) in [5.41, 5.74) is 0. The fourth-order valence-corrected chi connectivity index (χ4v) is 1.09. The minimum absolute atomic E-state index is 0.197. The number of halogens is 3. The number of rotatable bonds is 1. The molecule has 0 spiro atoms. The third kappa shape index (κ3) is 2.10. The van der Waals surface area contributed by atoms with Crippen LogP contribution in [0.25, 0.3) is 0 Å². The van der Waals surface area contributed by atoms with E-state index in [1.807, 2.05) is 0 Å². The van der Waals surface area contributed by atoms with Crippen LogP contribution in [0, 0.1) is 0 Å². The summed E-state index contributed by atoms with van der Waals surface area (Å²) in [6, 6.07) is -1.57. The molecule has 1 N–H and O–H groups in total. The molecule has 1 rings (SSSR count). The van der Waals surface area contributed by atoms with Crippen molar-refractivity contribution >= 4 is 6.41 Å². The fraction of sp³-hybridized carbons (Fsp3) is 0.833.